The van der Waals surface area contributed by atoms with Gasteiger partial charge in [-0.2, -0.15) is 13.2 Å². The summed E-state index contributed by atoms with van der Waals surface area (Å²) >= 11 is 0. The molecule has 0 bridgehead atoms. The highest BCUT2D eigenvalue weighted by atomic mass is 19.4. The van der Waals surface area contributed by atoms with Crippen LogP contribution in [0, 0.1) is 17.5 Å². The summed E-state index contributed by atoms with van der Waals surface area (Å²) in [5.41, 5.74) is 4.25. The van der Waals surface area contributed by atoms with Crippen molar-refractivity contribution in [3.8, 4) is 5.75 Å². The van der Waals surface area contributed by atoms with E-state index in [1.807, 2.05) is 18.2 Å². The highest BCUT2D eigenvalue weighted by Crippen LogP contribution is 2.28. The molecule has 1 nitrogen and oxygen atoms in total. The summed E-state index contributed by atoms with van der Waals surface area (Å²) < 4.78 is 84.7. The van der Waals surface area contributed by atoms with Gasteiger partial charge in [0.25, 0.3) is 0 Å². The fourth-order valence-corrected chi connectivity index (χ4v) is 4.51. The minimum absolute atomic E-state index is 0.102. The third-order valence-electron chi connectivity index (χ3n) is 6.48. The summed E-state index contributed by atoms with van der Waals surface area (Å²) in [6.45, 7) is 0.361. The van der Waals surface area contributed by atoms with Crippen LogP contribution in [0.2, 0.25) is 0 Å². The molecule has 0 aliphatic heterocycles. The zero-order chi connectivity index (χ0) is 27.3. The monoisotopic (exact) mass is 530 g/mol. The molecule has 0 saturated heterocycles. The highest BCUT2D eigenvalue weighted by Gasteiger charge is 2.30. The lowest BCUT2D eigenvalue weighted by atomic mass is 9.97. The Bertz CT molecular complexity index is 1370. The molecule has 0 unspecified atom stereocenters. The Morgan fingerprint density at radius 1 is 0.632 bits per heavy atom. The van der Waals surface area contributed by atoms with E-state index in [2.05, 4.69) is 35.9 Å². The van der Waals surface area contributed by atoms with Crippen molar-refractivity contribution in [2.75, 3.05) is 6.61 Å². The number of aryl methyl sites for hydroxylation is 5. The molecule has 200 valence electrons. The Balaban J connectivity index is 1.41. The fourth-order valence-electron chi connectivity index (χ4n) is 4.51. The third-order valence-corrected chi connectivity index (χ3v) is 6.48. The highest BCUT2D eigenvalue weighted by molar-refractivity contribution is 5.84. The number of benzene rings is 4. The number of hydrogen-bond donors (Lipinski definition) is 0. The molecular weight excluding hydrogens is 502 g/mol. The van der Waals surface area contributed by atoms with Gasteiger partial charge in [0.1, 0.15) is 5.82 Å². The van der Waals surface area contributed by atoms with Crippen LogP contribution in [0.25, 0.3) is 10.8 Å². The minimum Gasteiger partial charge on any atom is -0.478 e. The lowest BCUT2D eigenvalue weighted by molar-refractivity contribution is -0.154. The zero-order valence-electron chi connectivity index (χ0n) is 21.0. The Labute approximate surface area is 218 Å². The molecule has 0 spiro atoms. The SMILES string of the molecule is CCCc1ccc(CCc2ccc3c(F)c(CCc4cc(F)c(OCC(F)(F)F)c(F)c4)ccc3c2)cc1. The van der Waals surface area contributed by atoms with Crippen LogP contribution in [-0.2, 0) is 32.1 Å². The summed E-state index contributed by atoms with van der Waals surface area (Å²) in [5.74, 6) is -3.93. The number of halogens is 6. The number of alkyl halides is 3. The molecule has 0 aliphatic carbocycles. The van der Waals surface area contributed by atoms with Crippen molar-refractivity contribution in [3.05, 3.63) is 112 Å². The van der Waals surface area contributed by atoms with Gasteiger partial charge in [-0.1, -0.05) is 67.9 Å². The average molecular weight is 531 g/mol. The predicted octanol–water partition coefficient (Wildman–Crippen LogP) is 8.72. The van der Waals surface area contributed by atoms with Crippen LogP contribution in [0.15, 0.2) is 66.7 Å². The second-order valence-corrected chi connectivity index (χ2v) is 9.45. The molecule has 0 aromatic heterocycles. The van der Waals surface area contributed by atoms with Crippen molar-refractivity contribution in [2.45, 2.75) is 51.6 Å². The smallest absolute Gasteiger partial charge is 0.422 e. The van der Waals surface area contributed by atoms with E-state index < -0.39 is 36.0 Å². The molecule has 0 amide bonds. The molecule has 0 radical (unpaired) electrons. The van der Waals surface area contributed by atoms with Crippen LogP contribution in [-0.4, -0.2) is 12.8 Å². The van der Waals surface area contributed by atoms with E-state index >= 15 is 4.39 Å². The maximum absolute atomic E-state index is 15.2. The van der Waals surface area contributed by atoms with Crippen LogP contribution in [0.1, 0.15) is 41.2 Å². The van der Waals surface area contributed by atoms with Crippen LogP contribution < -0.4 is 4.74 Å². The molecule has 4 aromatic carbocycles. The molecule has 0 N–H and O–H groups in total. The second kappa shape index (κ2) is 11.9. The topological polar surface area (TPSA) is 9.23 Å². The average Bonchev–Trinajstić information content (AvgIpc) is 2.87. The van der Waals surface area contributed by atoms with Crippen LogP contribution in [0.5, 0.6) is 5.75 Å². The second-order valence-electron chi connectivity index (χ2n) is 9.45. The lowest BCUT2D eigenvalue weighted by Crippen LogP contribution is -2.20. The van der Waals surface area contributed by atoms with Gasteiger partial charge in [0.05, 0.1) is 0 Å². The van der Waals surface area contributed by atoms with Gasteiger partial charge in [0.2, 0.25) is 0 Å². The summed E-state index contributed by atoms with van der Waals surface area (Å²) in [4.78, 5) is 0. The summed E-state index contributed by atoms with van der Waals surface area (Å²) in [6, 6.07) is 19.6. The van der Waals surface area contributed by atoms with Crippen molar-refractivity contribution in [1.29, 1.82) is 0 Å². The Morgan fingerprint density at radius 2 is 1.21 bits per heavy atom. The van der Waals surface area contributed by atoms with E-state index in [1.54, 1.807) is 12.1 Å². The maximum atomic E-state index is 15.2. The first-order valence-electron chi connectivity index (χ1n) is 12.6. The van der Waals surface area contributed by atoms with Gasteiger partial charge < -0.3 is 4.74 Å². The Morgan fingerprint density at radius 3 is 1.84 bits per heavy atom. The van der Waals surface area contributed by atoms with E-state index in [4.69, 9.17) is 0 Å². The lowest BCUT2D eigenvalue weighted by Gasteiger charge is -2.12. The fraction of sp³-hybridized carbons (Fsp3) is 0.290. The van der Waals surface area contributed by atoms with Crippen molar-refractivity contribution >= 4 is 10.8 Å². The number of hydrogen-bond acceptors (Lipinski definition) is 1. The Kier molecular flexibility index (Phi) is 8.65. The minimum atomic E-state index is -4.72. The summed E-state index contributed by atoms with van der Waals surface area (Å²) in [7, 11) is 0. The molecule has 4 rings (SSSR count). The third kappa shape index (κ3) is 7.09. The number of ether oxygens (including phenoxy) is 1. The standard InChI is InChI=1S/C31H28F6O/c1-2-3-20-4-6-21(7-5-20)8-9-22-11-15-26-25(16-22)14-13-24(29(26)34)12-10-23-17-27(32)30(28(33)18-23)38-19-31(35,36)37/h4-7,11,13-18H,2-3,8-10,12,19H2,1H3. The van der Waals surface area contributed by atoms with E-state index in [-0.39, 0.29) is 18.4 Å². The molecule has 4 aromatic rings. The van der Waals surface area contributed by atoms with Gasteiger partial charge in [0.15, 0.2) is 24.0 Å². The molecule has 7 heteroatoms. The van der Waals surface area contributed by atoms with E-state index in [9.17, 15) is 22.0 Å². The van der Waals surface area contributed by atoms with E-state index in [1.165, 1.54) is 11.1 Å². The molecule has 0 aliphatic rings. The normalized spacial score (nSPS) is 11.8. The van der Waals surface area contributed by atoms with Crippen LogP contribution in [0.3, 0.4) is 0 Å². The summed E-state index contributed by atoms with van der Waals surface area (Å²) in [6.07, 6.45) is -0.560. The molecule has 0 fully saturated rings. The first-order valence-corrected chi connectivity index (χ1v) is 12.6. The van der Waals surface area contributed by atoms with Gasteiger partial charge in [-0.05, 0) is 77.4 Å². The summed E-state index contributed by atoms with van der Waals surface area (Å²) in [5, 5.41) is 1.23. The van der Waals surface area contributed by atoms with Gasteiger partial charge in [-0.15, -0.1) is 0 Å². The number of rotatable bonds is 10. The molecule has 0 atom stereocenters. The van der Waals surface area contributed by atoms with Crippen molar-refractivity contribution in [2.24, 2.45) is 0 Å². The van der Waals surface area contributed by atoms with E-state index in [0.717, 1.165) is 48.8 Å². The largest absolute Gasteiger partial charge is 0.478 e. The first kappa shape index (κ1) is 27.6. The van der Waals surface area contributed by atoms with E-state index in [0.29, 0.717) is 10.9 Å². The van der Waals surface area contributed by atoms with Crippen LogP contribution >= 0.6 is 0 Å². The molecular formula is C31H28F6O. The molecule has 0 heterocycles. The van der Waals surface area contributed by atoms with Crippen molar-refractivity contribution in [1.82, 2.24) is 0 Å². The number of fused-ring (bicyclic) bond motifs is 1. The first-order chi connectivity index (χ1) is 18.1. The molecule has 0 saturated carbocycles. The quantitative estimate of drug-likeness (QED) is 0.186. The van der Waals surface area contributed by atoms with Gasteiger partial charge in [-0.3, -0.25) is 0 Å². The van der Waals surface area contributed by atoms with Gasteiger partial charge in [0, 0.05) is 5.39 Å². The van der Waals surface area contributed by atoms with Crippen molar-refractivity contribution in [3.63, 3.8) is 0 Å². The van der Waals surface area contributed by atoms with Gasteiger partial charge >= 0.3 is 6.18 Å². The Hall–Kier alpha value is -3.48. The van der Waals surface area contributed by atoms with Crippen LogP contribution in [0.4, 0.5) is 26.3 Å². The maximum Gasteiger partial charge on any atom is 0.422 e. The zero-order valence-corrected chi connectivity index (χ0v) is 21.0. The predicted molar refractivity (Wildman–Crippen MR) is 137 cm³/mol. The van der Waals surface area contributed by atoms with Crippen molar-refractivity contribution < 1.29 is 31.1 Å². The molecule has 38 heavy (non-hydrogen) atoms. The van der Waals surface area contributed by atoms with Gasteiger partial charge in [-0.25, -0.2) is 13.2 Å².